The summed E-state index contributed by atoms with van der Waals surface area (Å²) in [6.45, 7) is 1.99. The highest BCUT2D eigenvalue weighted by atomic mass is 16.5. The first-order valence-corrected chi connectivity index (χ1v) is 4.21. The molecule has 12 heavy (non-hydrogen) atoms. The highest BCUT2D eigenvalue weighted by Gasteiger charge is 2.26. The van der Waals surface area contributed by atoms with E-state index in [-0.39, 0.29) is 6.10 Å². The molecule has 2 unspecified atom stereocenters. The Kier molecular flexibility index (Phi) is 3.19. The van der Waals surface area contributed by atoms with E-state index in [0.29, 0.717) is 6.42 Å². The molecule has 1 aliphatic carbocycles. The predicted molar refractivity (Wildman–Crippen MR) is 47.3 cm³/mol. The summed E-state index contributed by atoms with van der Waals surface area (Å²) in [6, 6.07) is 0. The Labute approximate surface area is 73.2 Å². The van der Waals surface area contributed by atoms with Crippen molar-refractivity contribution in [2.24, 2.45) is 0 Å². The number of hydrogen-bond donors (Lipinski definition) is 1. The summed E-state index contributed by atoms with van der Waals surface area (Å²) < 4.78 is 4.94. The first-order valence-electron chi connectivity index (χ1n) is 4.21. The van der Waals surface area contributed by atoms with Crippen molar-refractivity contribution in [3.63, 3.8) is 0 Å². The van der Waals surface area contributed by atoms with Crippen LogP contribution >= 0.6 is 0 Å². The minimum atomic E-state index is -0.430. The summed E-state index contributed by atoms with van der Waals surface area (Å²) in [4.78, 5) is 0. The fourth-order valence-corrected chi connectivity index (χ4v) is 1.51. The van der Waals surface area contributed by atoms with Crippen molar-refractivity contribution in [2.45, 2.75) is 38.4 Å². The van der Waals surface area contributed by atoms with E-state index in [2.05, 4.69) is 12.2 Å². The quantitative estimate of drug-likeness (QED) is 0.472. The van der Waals surface area contributed by atoms with Crippen LogP contribution in [0.5, 0.6) is 0 Å². The lowest BCUT2D eigenvalue weighted by molar-refractivity contribution is 0.00366. The lowest BCUT2D eigenvalue weighted by Gasteiger charge is -2.27. The number of terminal acetylenes is 1. The zero-order valence-electron chi connectivity index (χ0n) is 7.29. The van der Waals surface area contributed by atoms with Crippen molar-refractivity contribution >= 4 is 0 Å². The Morgan fingerprint density at radius 3 is 3.00 bits per heavy atom. The van der Waals surface area contributed by atoms with Gasteiger partial charge in [0.25, 0.3) is 0 Å². The van der Waals surface area contributed by atoms with Crippen LogP contribution in [0.15, 0.2) is 11.6 Å². The number of rotatable bonds is 1. The summed E-state index contributed by atoms with van der Waals surface area (Å²) in [5, 5.41) is 9.54. The van der Waals surface area contributed by atoms with Gasteiger partial charge in [-0.2, -0.15) is 0 Å². The molecule has 0 aromatic heterocycles. The normalized spacial score (nSPS) is 32.9. The third kappa shape index (κ3) is 2.02. The van der Waals surface area contributed by atoms with Gasteiger partial charge < -0.3 is 9.84 Å². The van der Waals surface area contributed by atoms with E-state index in [1.165, 1.54) is 5.57 Å². The van der Waals surface area contributed by atoms with Crippen molar-refractivity contribution in [3.05, 3.63) is 11.6 Å². The van der Waals surface area contributed by atoms with Crippen molar-refractivity contribution in [2.75, 3.05) is 0 Å². The van der Waals surface area contributed by atoms with E-state index < -0.39 is 6.10 Å². The van der Waals surface area contributed by atoms with Crippen LogP contribution in [0.2, 0.25) is 0 Å². The summed E-state index contributed by atoms with van der Waals surface area (Å²) >= 11 is 0. The zero-order chi connectivity index (χ0) is 8.97. The Hall–Kier alpha value is -0.940. The molecule has 0 bridgehead atoms. The topological polar surface area (TPSA) is 29.5 Å². The Morgan fingerprint density at radius 2 is 2.50 bits per heavy atom. The Balaban J connectivity index is 2.49. The van der Waals surface area contributed by atoms with Gasteiger partial charge in [0.15, 0.2) is 0 Å². The summed E-state index contributed by atoms with van der Waals surface area (Å²) in [6.07, 6.45) is 11.1. The van der Waals surface area contributed by atoms with Crippen LogP contribution < -0.4 is 0 Å². The van der Waals surface area contributed by atoms with Crippen LogP contribution in [0, 0.1) is 12.5 Å². The maximum atomic E-state index is 9.54. The number of hydrogen-bond acceptors (Lipinski definition) is 2. The first kappa shape index (κ1) is 9.15. The van der Waals surface area contributed by atoms with Crippen molar-refractivity contribution in [3.8, 4) is 12.5 Å². The fraction of sp³-hybridized carbons (Fsp3) is 0.600. The molecule has 0 amide bonds. The molecule has 1 aliphatic rings. The average molecular weight is 166 g/mol. The maximum absolute atomic E-state index is 9.54. The van der Waals surface area contributed by atoms with Gasteiger partial charge in [0.2, 0.25) is 0 Å². The Bertz CT molecular complexity index is 212. The van der Waals surface area contributed by atoms with Gasteiger partial charge in [-0.3, -0.25) is 0 Å². The van der Waals surface area contributed by atoms with Gasteiger partial charge in [0.05, 0.1) is 6.10 Å². The van der Waals surface area contributed by atoms with E-state index in [0.717, 1.165) is 12.8 Å². The number of allylic oxidation sites excluding steroid dienone is 1. The van der Waals surface area contributed by atoms with Gasteiger partial charge in [0, 0.05) is 0 Å². The second-order valence-corrected chi connectivity index (χ2v) is 3.03. The first-order chi connectivity index (χ1) is 5.77. The molecule has 0 heterocycles. The lowest BCUT2D eigenvalue weighted by atomic mass is 9.90. The van der Waals surface area contributed by atoms with E-state index in [1.54, 1.807) is 0 Å². The molecule has 2 atom stereocenters. The molecule has 0 spiro atoms. The minimum absolute atomic E-state index is 0.168. The highest BCUT2D eigenvalue weighted by Crippen LogP contribution is 2.25. The molecular formula is C10H14O2. The second-order valence-electron chi connectivity index (χ2n) is 3.03. The highest BCUT2D eigenvalue weighted by molar-refractivity contribution is 5.07. The molecule has 0 aromatic rings. The monoisotopic (exact) mass is 166 g/mol. The predicted octanol–water partition coefficient (Wildman–Crippen LogP) is 1.45. The number of ether oxygens (including phenoxy) is 1. The molecule has 2 heteroatoms. The molecular weight excluding hydrogens is 152 g/mol. The SMILES string of the molecule is C#COC1CC/C(=C\C)CC1O. The standard InChI is InChI=1S/C10H14O2/c1-3-8-5-6-10(12-4-2)9(11)7-8/h2-3,9-11H,5-7H2,1H3/b8-3+. The molecule has 1 N–H and O–H groups in total. The van der Waals surface area contributed by atoms with E-state index >= 15 is 0 Å². The van der Waals surface area contributed by atoms with Crippen LogP contribution in [-0.4, -0.2) is 17.3 Å². The van der Waals surface area contributed by atoms with Crippen molar-refractivity contribution in [1.29, 1.82) is 0 Å². The average Bonchev–Trinajstić information content (AvgIpc) is 2.09. The molecule has 0 saturated heterocycles. The molecule has 66 valence electrons. The van der Waals surface area contributed by atoms with Crippen LogP contribution in [0.1, 0.15) is 26.2 Å². The van der Waals surface area contributed by atoms with Gasteiger partial charge in [-0.15, -0.1) is 0 Å². The molecule has 0 radical (unpaired) electrons. The van der Waals surface area contributed by atoms with Crippen LogP contribution in [-0.2, 0) is 4.74 Å². The Morgan fingerprint density at radius 1 is 1.75 bits per heavy atom. The summed E-state index contributed by atoms with van der Waals surface area (Å²) in [7, 11) is 0. The smallest absolute Gasteiger partial charge is 0.137 e. The van der Waals surface area contributed by atoms with E-state index in [9.17, 15) is 5.11 Å². The molecule has 0 aliphatic heterocycles. The fourth-order valence-electron chi connectivity index (χ4n) is 1.51. The maximum Gasteiger partial charge on any atom is 0.137 e. The van der Waals surface area contributed by atoms with Gasteiger partial charge in [0.1, 0.15) is 12.2 Å². The molecule has 1 saturated carbocycles. The summed E-state index contributed by atoms with van der Waals surface area (Å²) in [5.74, 6) is 0. The molecule has 0 aromatic carbocycles. The summed E-state index contributed by atoms with van der Waals surface area (Å²) in [5.41, 5.74) is 1.29. The minimum Gasteiger partial charge on any atom is -0.441 e. The van der Waals surface area contributed by atoms with Crippen LogP contribution in [0.25, 0.3) is 0 Å². The second kappa shape index (κ2) is 4.18. The van der Waals surface area contributed by atoms with Gasteiger partial charge in [-0.1, -0.05) is 18.1 Å². The molecule has 1 fully saturated rings. The number of aliphatic hydroxyl groups excluding tert-OH is 1. The van der Waals surface area contributed by atoms with Crippen LogP contribution in [0.3, 0.4) is 0 Å². The van der Waals surface area contributed by atoms with E-state index in [1.807, 2.05) is 6.92 Å². The van der Waals surface area contributed by atoms with Gasteiger partial charge >= 0.3 is 0 Å². The third-order valence-electron chi connectivity index (χ3n) is 2.28. The number of aliphatic hydroxyl groups is 1. The third-order valence-corrected chi connectivity index (χ3v) is 2.28. The van der Waals surface area contributed by atoms with Crippen molar-refractivity contribution in [1.82, 2.24) is 0 Å². The molecule has 2 nitrogen and oxygen atoms in total. The van der Waals surface area contributed by atoms with E-state index in [4.69, 9.17) is 11.2 Å². The van der Waals surface area contributed by atoms with Crippen LogP contribution in [0.4, 0.5) is 0 Å². The van der Waals surface area contributed by atoms with Crippen molar-refractivity contribution < 1.29 is 9.84 Å². The van der Waals surface area contributed by atoms with Gasteiger partial charge in [-0.05, 0) is 26.2 Å². The van der Waals surface area contributed by atoms with Gasteiger partial charge in [-0.25, -0.2) is 0 Å². The zero-order valence-corrected chi connectivity index (χ0v) is 7.29. The largest absolute Gasteiger partial charge is 0.441 e. The lowest BCUT2D eigenvalue weighted by Crippen LogP contribution is -2.31. The molecule has 1 rings (SSSR count).